The average Bonchev–Trinajstić information content (AvgIpc) is 2.39. The molecule has 0 aliphatic rings. The van der Waals surface area contributed by atoms with Gasteiger partial charge in [0.1, 0.15) is 11.3 Å². The Kier molecular flexibility index (Phi) is 5.76. The second-order valence-electron chi connectivity index (χ2n) is 5.57. The van der Waals surface area contributed by atoms with E-state index in [1.165, 1.54) is 0 Å². The van der Waals surface area contributed by atoms with E-state index in [1.807, 2.05) is 27.7 Å². The molecule has 1 rings (SSSR count). The third-order valence-electron chi connectivity index (χ3n) is 2.71. The van der Waals surface area contributed by atoms with Gasteiger partial charge in [0.05, 0.1) is 13.2 Å². The van der Waals surface area contributed by atoms with Crippen LogP contribution < -0.4 is 10.1 Å². The van der Waals surface area contributed by atoms with Crippen LogP contribution in [-0.2, 0) is 9.53 Å². The molecule has 0 aliphatic carbocycles. The Bertz CT molecular complexity index is 517. The third kappa shape index (κ3) is 4.77. The summed E-state index contributed by atoms with van der Waals surface area (Å²) in [4.78, 5) is 24.0. The van der Waals surface area contributed by atoms with Gasteiger partial charge in [-0.2, -0.15) is 0 Å². The van der Waals surface area contributed by atoms with E-state index in [0.29, 0.717) is 23.6 Å². The van der Waals surface area contributed by atoms with E-state index in [4.69, 9.17) is 9.47 Å². The van der Waals surface area contributed by atoms with Gasteiger partial charge in [-0.25, -0.2) is 4.79 Å². The standard InChI is InChI=1S/C16H23NO4/c1-6-20-13-9-8-11(17-15(19)16(3,4)5)10-12(13)14(18)21-7-2/h8-10H,6-7H2,1-5H3,(H,17,19). The van der Waals surface area contributed by atoms with Crippen LogP contribution in [0.5, 0.6) is 5.75 Å². The number of hydrogen-bond donors (Lipinski definition) is 1. The molecule has 0 saturated heterocycles. The number of ether oxygens (including phenoxy) is 2. The molecule has 0 unspecified atom stereocenters. The van der Waals surface area contributed by atoms with Crippen molar-refractivity contribution in [3.8, 4) is 5.75 Å². The smallest absolute Gasteiger partial charge is 0.341 e. The van der Waals surface area contributed by atoms with E-state index in [1.54, 1.807) is 25.1 Å². The van der Waals surface area contributed by atoms with Crippen LogP contribution in [0.15, 0.2) is 18.2 Å². The lowest BCUT2D eigenvalue weighted by atomic mass is 9.95. The highest BCUT2D eigenvalue weighted by atomic mass is 16.5. The van der Waals surface area contributed by atoms with Crippen molar-refractivity contribution >= 4 is 17.6 Å². The highest BCUT2D eigenvalue weighted by Crippen LogP contribution is 2.25. The summed E-state index contributed by atoms with van der Waals surface area (Å²) >= 11 is 0. The Morgan fingerprint density at radius 2 is 1.81 bits per heavy atom. The van der Waals surface area contributed by atoms with E-state index in [9.17, 15) is 9.59 Å². The molecule has 1 N–H and O–H groups in total. The van der Waals surface area contributed by atoms with E-state index in [0.717, 1.165) is 0 Å². The summed E-state index contributed by atoms with van der Waals surface area (Å²) in [6.45, 7) is 9.77. The number of carbonyl (C=O) groups excluding carboxylic acids is 2. The number of esters is 1. The van der Waals surface area contributed by atoms with Gasteiger partial charge in [0, 0.05) is 11.1 Å². The molecule has 0 spiro atoms. The fourth-order valence-corrected chi connectivity index (χ4v) is 1.58. The number of benzene rings is 1. The van der Waals surface area contributed by atoms with Crippen molar-refractivity contribution in [3.63, 3.8) is 0 Å². The number of rotatable bonds is 5. The van der Waals surface area contributed by atoms with Gasteiger partial charge in [0.15, 0.2) is 0 Å². The minimum Gasteiger partial charge on any atom is -0.493 e. The quantitative estimate of drug-likeness (QED) is 0.846. The van der Waals surface area contributed by atoms with Crippen LogP contribution >= 0.6 is 0 Å². The molecule has 0 aliphatic heterocycles. The molecule has 0 saturated carbocycles. The minimum absolute atomic E-state index is 0.124. The van der Waals surface area contributed by atoms with Gasteiger partial charge in [0.2, 0.25) is 5.91 Å². The van der Waals surface area contributed by atoms with Crippen LogP contribution in [0.25, 0.3) is 0 Å². The normalized spacial score (nSPS) is 10.9. The molecule has 1 aromatic carbocycles. The monoisotopic (exact) mass is 293 g/mol. The molecule has 0 heterocycles. The van der Waals surface area contributed by atoms with Gasteiger partial charge in [-0.3, -0.25) is 4.79 Å². The summed E-state index contributed by atoms with van der Waals surface area (Å²) in [6.07, 6.45) is 0. The van der Waals surface area contributed by atoms with Gasteiger partial charge in [-0.1, -0.05) is 20.8 Å². The molecular formula is C16H23NO4. The first-order valence-corrected chi connectivity index (χ1v) is 7.05. The van der Waals surface area contributed by atoms with Crippen LogP contribution in [0.3, 0.4) is 0 Å². The molecule has 21 heavy (non-hydrogen) atoms. The number of amides is 1. The first-order chi connectivity index (χ1) is 9.79. The first-order valence-electron chi connectivity index (χ1n) is 7.05. The fraction of sp³-hybridized carbons (Fsp3) is 0.500. The number of anilines is 1. The lowest BCUT2D eigenvalue weighted by Gasteiger charge is -2.18. The van der Waals surface area contributed by atoms with Crippen molar-refractivity contribution in [2.75, 3.05) is 18.5 Å². The van der Waals surface area contributed by atoms with E-state index < -0.39 is 11.4 Å². The van der Waals surface area contributed by atoms with Crippen molar-refractivity contribution in [1.29, 1.82) is 0 Å². The lowest BCUT2D eigenvalue weighted by Crippen LogP contribution is -2.27. The van der Waals surface area contributed by atoms with E-state index in [-0.39, 0.29) is 12.5 Å². The molecule has 0 fully saturated rings. The summed E-state index contributed by atoms with van der Waals surface area (Å²) in [5, 5.41) is 2.79. The number of carbonyl (C=O) groups is 2. The number of nitrogens with one attached hydrogen (secondary N) is 1. The Morgan fingerprint density at radius 3 is 2.33 bits per heavy atom. The van der Waals surface area contributed by atoms with Gasteiger partial charge >= 0.3 is 5.97 Å². The first kappa shape index (κ1) is 17.0. The fourth-order valence-electron chi connectivity index (χ4n) is 1.58. The second-order valence-corrected chi connectivity index (χ2v) is 5.57. The summed E-state index contributed by atoms with van der Waals surface area (Å²) in [6, 6.07) is 4.94. The predicted molar refractivity (Wildman–Crippen MR) is 81.7 cm³/mol. The molecule has 5 nitrogen and oxygen atoms in total. The van der Waals surface area contributed by atoms with E-state index >= 15 is 0 Å². The maximum Gasteiger partial charge on any atom is 0.341 e. The highest BCUT2D eigenvalue weighted by Gasteiger charge is 2.22. The molecular weight excluding hydrogens is 270 g/mol. The Morgan fingerprint density at radius 1 is 1.14 bits per heavy atom. The van der Waals surface area contributed by atoms with Crippen molar-refractivity contribution in [1.82, 2.24) is 0 Å². The van der Waals surface area contributed by atoms with Crippen molar-refractivity contribution in [2.45, 2.75) is 34.6 Å². The zero-order valence-electron chi connectivity index (χ0n) is 13.3. The zero-order chi connectivity index (χ0) is 16.0. The largest absolute Gasteiger partial charge is 0.493 e. The Balaban J connectivity index is 3.06. The SMILES string of the molecule is CCOC(=O)c1cc(NC(=O)C(C)(C)C)ccc1OCC. The van der Waals surface area contributed by atoms with Crippen LogP contribution in [0, 0.1) is 5.41 Å². The zero-order valence-corrected chi connectivity index (χ0v) is 13.3. The molecule has 1 amide bonds. The minimum atomic E-state index is -0.511. The topological polar surface area (TPSA) is 64.6 Å². The lowest BCUT2D eigenvalue weighted by molar-refractivity contribution is -0.123. The van der Waals surface area contributed by atoms with Crippen LogP contribution in [0.2, 0.25) is 0 Å². The molecule has 5 heteroatoms. The summed E-state index contributed by atoms with van der Waals surface area (Å²) in [5.41, 5.74) is 0.342. The summed E-state index contributed by atoms with van der Waals surface area (Å²) in [7, 11) is 0. The Hall–Kier alpha value is -2.04. The average molecular weight is 293 g/mol. The van der Waals surface area contributed by atoms with Crippen molar-refractivity contribution in [2.24, 2.45) is 5.41 Å². The molecule has 0 aromatic heterocycles. The van der Waals surface area contributed by atoms with Crippen molar-refractivity contribution in [3.05, 3.63) is 23.8 Å². The maximum absolute atomic E-state index is 12.0. The van der Waals surface area contributed by atoms with Crippen LogP contribution in [0.4, 0.5) is 5.69 Å². The van der Waals surface area contributed by atoms with Gasteiger partial charge in [-0.05, 0) is 32.0 Å². The highest BCUT2D eigenvalue weighted by molar-refractivity contribution is 5.98. The van der Waals surface area contributed by atoms with Gasteiger partial charge < -0.3 is 14.8 Å². The predicted octanol–water partition coefficient (Wildman–Crippen LogP) is 3.25. The molecule has 0 radical (unpaired) electrons. The number of hydrogen-bond acceptors (Lipinski definition) is 4. The third-order valence-corrected chi connectivity index (χ3v) is 2.71. The maximum atomic E-state index is 12.0. The summed E-state index contributed by atoms with van der Waals surface area (Å²) in [5.74, 6) is -0.140. The summed E-state index contributed by atoms with van der Waals surface area (Å²) < 4.78 is 10.4. The van der Waals surface area contributed by atoms with Gasteiger partial charge in [0.25, 0.3) is 0 Å². The molecule has 1 aromatic rings. The molecule has 116 valence electrons. The van der Waals surface area contributed by atoms with Crippen LogP contribution in [-0.4, -0.2) is 25.1 Å². The second kappa shape index (κ2) is 7.11. The molecule has 0 atom stereocenters. The van der Waals surface area contributed by atoms with E-state index in [2.05, 4.69) is 5.32 Å². The molecule has 0 bridgehead atoms. The Labute approximate surface area is 125 Å². The van der Waals surface area contributed by atoms with Gasteiger partial charge in [-0.15, -0.1) is 0 Å². The van der Waals surface area contributed by atoms with Crippen LogP contribution in [0.1, 0.15) is 45.0 Å². The van der Waals surface area contributed by atoms with Crippen molar-refractivity contribution < 1.29 is 19.1 Å².